The van der Waals surface area contributed by atoms with Crippen LogP contribution in [0.25, 0.3) is 11.5 Å². The van der Waals surface area contributed by atoms with Gasteiger partial charge in [-0.05, 0) is 42.8 Å². The Kier molecular flexibility index (Phi) is 5.50. The third-order valence-corrected chi connectivity index (χ3v) is 4.42. The Bertz CT molecular complexity index is 940. The zero-order valence-electron chi connectivity index (χ0n) is 14.1. The third-order valence-electron chi connectivity index (χ3n) is 3.60. The number of anilines is 1. The van der Waals surface area contributed by atoms with Gasteiger partial charge in [-0.2, -0.15) is 13.2 Å². The molecule has 27 heavy (non-hydrogen) atoms. The molecule has 3 aromatic rings. The van der Waals surface area contributed by atoms with Gasteiger partial charge in [0.2, 0.25) is 11.8 Å². The van der Waals surface area contributed by atoms with Crippen LogP contribution in [0.1, 0.15) is 11.1 Å². The molecule has 0 radical (unpaired) electrons. The summed E-state index contributed by atoms with van der Waals surface area (Å²) in [6.45, 7) is 1.92. The second-order valence-corrected chi connectivity index (χ2v) is 6.53. The van der Waals surface area contributed by atoms with Crippen LogP contribution in [0, 0.1) is 6.92 Å². The van der Waals surface area contributed by atoms with Gasteiger partial charge in [0.1, 0.15) is 0 Å². The number of nitrogens with zero attached hydrogens (tertiary/aromatic N) is 2. The van der Waals surface area contributed by atoms with Crippen molar-refractivity contribution in [3.63, 3.8) is 0 Å². The monoisotopic (exact) mass is 393 g/mol. The first-order chi connectivity index (χ1) is 12.8. The summed E-state index contributed by atoms with van der Waals surface area (Å²) in [5, 5.41) is 10.6. The SMILES string of the molecule is Cc1ccccc1-c1nnc(SCC(=O)Nc2ccc(C(F)(F)F)cc2)o1. The van der Waals surface area contributed by atoms with Crippen molar-refractivity contribution in [2.45, 2.75) is 18.3 Å². The van der Waals surface area contributed by atoms with Gasteiger partial charge in [0.15, 0.2) is 0 Å². The lowest BCUT2D eigenvalue weighted by molar-refractivity contribution is -0.137. The maximum absolute atomic E-state index is 12.5. The summed E-state index contributed by atoms with van der Waals surface area (Å²) in [7, 11) is 0. The fraction of sp³-hybridized carbons (Fsp3) is 0.167. The Morgan fingerprint density at radius 2 is 1.81 bits per heavy atom. The lowest BCUT2D eigenvalue weighted by Gasteiger charge is -2.08. The zero-order chi connectivity index (χ0) is 19.4. The predicted molar refractivity (Wildman–Crippen MR) is 95.3 cm³/mol. The average Bonchev–Trinajstić information content (AvgIpc) is 3.09. The number of aromatic nitrogens is 2. The standard InChI is InChI=1S/C18H14F3N3O2S/c1-11-4-2-3-5-14(11)16-23-24-17(26-16)27-10-15(25)22-13-8-6-12(7-9-13)18(19,20)21/h2-9H,10H2,1H3,(H,22,25). The molecular formula is C18H14F3N3O2S. The maximum atomic E-state index is 12.5. The van der Waals surface area contributed by atoms with Crippen LogP contribution >= 0.6 is 11.8 Å². The highest BCUT2D eigenvalue weighted by Crippen LogP contribution is 2.30. The van der Waals surface area contributed by atoms with E-state index in [1.807, 2.05) is 31.2 Å². The van der Waals surface area contributed by atoms with E-state index in [-0.39, 0.29) is 16.7 Å². The highest BCUT2D eigenvalue weighted by molar-refractivity contribution is 7.99. The summed E-state index contributed by atoms with van der Waals surface area (Å²) in [6.07, 6.45) is -4.41. The second-order valence-electron chi connectivity index (χ2n) is 5.60. The van der Waals surface area contributed by atoms with Crippen molar-refractivity contribution in [2.24, 2.45) is 0 Å². The Morgan fingerprint density at radius 3 is 2.48 bits per heavy atom. The van der Waals surface area contributed by atoms with Crippen molar-refractivity contribution in [3.8, 4) is 11.5 Å². The first kappa shape index (κ1) is 19.0. The maximum Gasteiger partial charge on any atom is 0.416 e. The fourth-order valence-electron chi connectivity index (χ4n) is 2.26. The van der Waals surface area contributed by atoms with Crippen LogP contribution in [-0.2, 0) is 11.0 Å². The average molecular weight is 393 g/mol. The number of aryl methyl sites for hydroxylation is 1. The van der Waals surface area contributed by atoms with Crippen LogP contribution in [0.3, 0.4) is 0 Å². The molecule has 0 saturated carbocycles. The molecule has 0 atom stereocenters. The molecule has 1 heterocycles. The summed E-state index contributed by atoms with van der Waals surface area (Å²) in [5.41, 5.74) is 1.30. The molecule has 0 aliphatic rings. The zero-order valence-corrected chi connectivity index (χ0v) is 14.9. The molecule has 1 N–H and O–H groups in total. The van der Waals surface area contributed by atoms with Crippen molar-refractivity contribution in [3.05, 3.63) is 59.7 Å². The number of halogens is 3. The number of carbonyl (C=O) groups excluding carboxylic acids is 1. The number of hydrogen-bond acceptors (Lipinski definition) is 5. The fourth-order valence-corrected chi connectivity index (χ4v) is 2.82. The Labute approximate surface area is 157 Å². The predicted octanol–water partition coefficient (Wildman–Crippen LogP) is 4.79. The number of rotatable bonds is 5. The molecule has 3 rings (SSSR count). The van der Waals surface area contributed by atoms with Crippen LogP contribution < -0.4 is 5.32 Å². The van der Waals surface area contributed by atoms with E-state index in [4.69, 9.17) is 4.42 Å². The Balaban J connectivity index is 1.56. The highest BCUT2D eigenvalue weighted by atomic mass is 32.2. The molecule has 0 fully saturated rings. The summed E-state index contributed by atoms with van der Waals surface area (Å²) in [4.78, 5) is 12.0. The second kappa shape index (κ2) is 7.83. The Morgan fingerprint density at radius 1 is 1.11 bits per heavy atom. The summed E-state index contributed by atoms with van der Waals surface area (Å²) in [6, 6.07) is 11.8. The van der Waals surface area contributed by atoms with Crippen molar-refractivity contribution < 1.29 is 22.4 Å². The molecule has 1 aromatic heterocycles. The van der Waals surface area contributed by atoms with Gasteiger partial charge < -0.3 is 9.73 Å². The molecular weight excluding hydrogens is 379 g/mol. The lowest BCUT2D eigenvalue weighted by Crippen LogP contribution is -2.14. The van der Waals surface area contributed by atoms with Gasteiger partial charge >= 0.3 is 6.18 Å². The van der Waals surface area contributed by atoms with E-state index < -0.39 is 17.6 Å². The van der Waals surface area contributed by atoms with Gasteiger partial charge in [-0.1, -0.05) is 30.0 Å². The van der Waals surface area contributed by atoms with E-state index in [1.54, 1.807) is 0 Å². The summed E-state index contributed by atoms with van der Waals surface area (Å²) < 4.78 is 43.1. The lowest BCUT2D eigenvalue weighted by atomic mass is 10.1. The number of amides is 1. The largest absolute Gasteiger partial charge is 0.416 e. The summed E-state index contributed by atoms with van der Waals surface area (Å²) in [5.74, 6) is -0.0506. The Hall–Kier alpha value is -2.81. The number of thioether (sulfide) groups is 1. The molecule has 5 nitrogen and oxygen atoms in total. The van der Waals surface area contributed by atoms with Gasteiger partial charge in [0, 0.05) is 11.3 Å². The molecule has 1 amide bonds. The van der Waals surface area contributed by atoms with Crippen molar-refractivity contribution >= 4 is 23.4 Å². The molecule has 0 saturated heterocycles. The van der Waals surface area contributed by atoms with Crippen molar-refractivity contribution in [1.29, 1.82) is 0 Å². The van der Waals surface area contributed by atoms with E-state index in [1.165, 1.54) is 12.1 Å². The van der Waals surface area contributed by atoms with Gasteiger partial charge in [-0.25, -0.2) is 0 Å². The molecule has 0 bridgehead atoms. The number of alkyl halides is 3. The third kappa shape index (κ3) is 4.88. The molecule has 0 aliphatic carbocycles. The van der Waals surface area contributed by atoms with Crippen LogP contribution in [0.5, 0.6) is 0 Å². The van der Waals surface area contributed by atoms with Crippen molar-refractivity contribution in [1.82, 2.24) is 10.2 Å². The molecule has 0 spiro atoms. The molecule has 140 valence electrons. The van der Waals surface area contributed by atoms with Gasteiger partial charge in [-0.15, -0.1) is 10.2 Å². The topological polar surface area (TPSA) is 68.0 Å². The van der Waals surface area contributed by atoms with Gasteiger partial charge in [0.05, 0.1) is 11.3 Å². The minimum Gasteiger partial charge on any atom is -0.411 e. The van der Waals surface area contributed by atoms with Crippen molar-refractivity contribution in [2.75, 3.05) is 11.1 Å². The minimum absolute atomic E-state index is 0.0174. The van der Waals surface area contributed by atoms with Gasteiger partial charge in [-0.3, -0.25) is 4.79 Å². The quantitative estimate of drug-likeness (QED) is 0.631. The van der Waals surface area contributed by atoms with Gasteiger partial charge in [0.25, 0.3) is 5.22 Å². The van der Waals surface area contributed by atoms with E-state index in [0.29, 0.717) is 5.89 Å². The van der Waals surface area contributed by atoms with Crippen LogP contribution in [0.2, 0.25) is 0 Å². The molecule has 0 aliphatic heterocycles. The first-order valence-corrected chi connectivity index (χ1v) is 8.81. The van der Waals surface area contributed by atoms with Crippen LogP contribution in [0.4, 0.5) is 18.9 Å². The molecule has 0 unspecified atom stereocenters. The number of hydrogen-bond donors (Lipinski definition) is 1. The smallest absolute Gasteiger partial charge is 0.411 e. The minimum atomic E-state index is -4.41. The summed E-state index contributed by atoms with van der Waals surface area (Å²) >= 11 is 1.04. The number of nitrogens with one attached hydrogen (secondary N) is 1. The van der Waals surface area contributed by atoms with Crippen LogP contribution in [-0.4, -0.2) is 21.9 Å². The van der Waals surface area contributed by atoms with Crippen LogP contribution in [0.15, 0.2) is 58.2 Å². The molecule has 9 heteroatoms. The first-order valence-electron chi connectivity index (χ1n) is 7.82. The number of benzene rings is 2. The normalized spacial score (nSPS) is 11.4. The van der Waals surface area contributed by atoms with E-state index >= 15 is 0 Å². The molecule has 2 aromatic carbocycles. The van der Waals surface area contributed by atoms with E-state index in [9.17, 15) is 18.0 Å². The van der Waals surface area contributed by atoms with E-state index in [2.05, 4.69) is 15.5 Å². The van der Waals surface area contributed by atoms with E-state index in [0.717, 1.165) is 35.0 Å². The number of carbonyl (C=O) groups is 1. The highest BCUT2D eigenvalue weighted by Gasteiger charge is 2.30.